The quantitative estimate of drug-likeness (QED) is 0.766. The average molecular weight is 350 g/mol. The van der Waals surface area contributed by atoms with Crippen LogP contribution in [0.1, 0.15) is 16.0 Å². The third-order valence-electron chi connectivity index (χ3n) is 4.20. The molecule has 0 atom stereocenters. The third kappa shape index (κ3) is 3.42. The van der Waals surface area contributed by atoms with Crippen LogP contribution < -0.4 is 10.1 Å². The monoisotopic (exact) mass is 350 g/mol. The van der Waals surface area contributed by atoms with Gasteiger partial charge in [-0.2, -0.15) is 0 Å². The van der Waals surface area contributed by atoms with E-state index < -0.39 is 0 Å². The number of hydrogen-bond donors (Lipinski definition) is 1. The van der Waals surface area contributed by atoms with Crippen molar-refractivity contribution in [1.82, 2.24) is 4.98 Å². The Morgan fingerprint density at radius 3 is 2.96 bits per heavy atom. The number of thiazole rings is 1. The smallest absolute Gasteiger partial charge is 0.264 e. The number of ether oxygens (including phenoxy) is 1. The number of anilines is 1. The molecule has 5 heteroatoms. The van der Waals surface area contributed by atoms with Crippen molar-refractivity contribution in [3.63, 3.8) is 0 Å². The predicted molar refractivity (Wildman–Crippen MR) is 100 cm³/mol. The second kappa shape index (κ2) is 6.69. The number of aryl methyl sites for hydroxylation is 3. The summed E-state index contributed by atoms with van der Waals surface area (Å²) in [4.78, 5) is 18.0. The molecule has 0 radical (unpaired) electrons. The Kier molecular flexibility index (Phi) is 4.24. The second-order valence-electron chi connectivity index (χ2n) is 6.10. The lowest BCUT2D eigenvalue weighted by molar-refractivity contribution is -0.118. The fourth-order valence-electron chi connectivity index (χ4n) is 3.01. The molecule has 25 heavy (non-hydrogen) atoms. The first-order chi connectivity index (χ1) is 12.2. The van der Waals surface area contributed by atoms with Crippen molar-refractivity contribution >= 4 is 22.4 Å². The molecule has 1 aliphatic rings. The zero-order valence-electron chi connectivity index (χ0n) is 13.9. The number of hydrogen-bond acceptors (Lipinski definition) is 4. The highest BCUT2D eigenvalue weighted by molar-refractivity contribution is 7.16. The van der Waals surface area contributed by atoms with Crippen LogP contribution in [-0.2, 0) is 17.6 Å². The minimum absolute atomic E-state index is 0.0235. The number of benzene rings is 2. The molecule has 0 spiro atoms. The van der Waals surface area contributed by atoms with Gasteiger partial charge in [-0.05, 0) is 43.0 Å². The van der Waals surface area contributed by atoms with E-state index in [9.17, 15) is 4.79 Å². The fourth-order valence-corrected chi connectivity index (χ4v) is 4.00. The van der Waals surface area contributed by atoms with Gasteiger partial charge in [-0.25, -0.2) is 4.98 Å². The van der Waals surface area contributed by atoms with Gasteiger partial charge in [-0.15, -0.1) is 11.3 Å². The van der Waals surface area contributed by atoms with Crippen molar-refractivity contribution in [2.45, 2.75) is 19.8 Å². The molecule has 2 aromatic carbocycles. The summed E-state index contributed by atoms with van der Waals surface area (Å²) < 4.78 is 5.54. The minimum atomic E-state index is -0.194. The van der Waals surface area contributed by atoms with Crippen LogP contribution in [0.25, 0.3) is 11.3 Å². The van der Waals surface area contributed by atoms with Crippen molar-refractivity contribution in [2.24, 2.45) is 0 Å². The second-order valence-corrected chi connectivity index (χ2v) is 7.18. The summed E-state index contributed by atoms with van der Waals surface area (Å²) in [5.41, 5.74) is 4.60. The van der Waals surface area contributed by atoms with Gasteiger partial charge < -0.3 is 4.74 Å². The van der Waals surface area contributed by atoms with E-state index in [-0.39, 0.29) is 12.5 Å². The van der Waals surface area contributed by atoms with Gasteiger partial charge in [0, 0.05) is 10.4 Å². The first-order valence-corrected chi connectivity index (χ1v) is 9.08. The molecule has 0 bridgehead atoms. The summed E-state index contributed by atoms with van der Waals surface area (Å²) in [7, 11) is 0. The number of carbonyl (C=O) groups is 1. The molecule has 0 aliphatic heterocycles. The molecule has 0 saturated carbocycles. The lowest BCUT2D eigenvalue weighted by atomic mass is 9.94. The van der Waals surface area contributed by atoms with Crippen LogP contribution in [0.15, 0.2) is 48.5 Å². The number of rotatable bonds is 4. The van der Waals surface area contributed by atoms with E-state index >= 15 is 0 Å². The average Bonchev–Trinajstić information content (AvgIpc) is 3.03. The number of nitrogens with one attached hydrogen (secondary N) is 1. The highest BCUT2D eigenvalue weighted by Crippen LogP contribution is 2.37. The molecule has 3 aromatic rings. The Balaban J connectivity index is 1.44. The first kappa shape index (κ1) is 15.8. The van der Waals surface area contributed by atoms with E-state index in [1.165, 1.54) is 16.0 Å². The van der Waals surface area contributed by atoms with E-state index in [4.69, 9.17) is 4.74 Å². The van der Waals surface area contributed by atoms with Gasteiger partial charge in [0.25, 0.3) is 5.91 Å². The van der Waals surface area contributed by atoms with Crippen molar-refractivity contribution in [1.29, 1.82) is 0 Å². The normalized spacial score (nSPS) is 12.2. The van der Waals surface area contributed by atoms with Gasteiger partial charge in [-0.1, -0.05) is 36.4 Å². The molecular formula is C20H18N2O2S. The Bertz CT molecular complexity index is 933. The van der Waals surface area contributed by atoms with Gasteiger partial charge in [0.05, 0.1) is 5.69 Å². The van der Waals surface area contributed by atoms with Crippen LogP contribution in [-0.4, -0.2) is 17.5 Å². The van der Waals surface area contributed by atoms with Crippen LogP contribution in [0.5, 0.6) is 5.75 Å². The molecule has 1 aliphatic carbocycles. The molecule has 0 fully saturated rings. The van der Waals surface area contributed by atoms with Gasteiger partial charge in [-0.3, -0.25) is 10.1 Å². The maximum absolute atomic E-state index is 12.2. The molecule has 1 heterocycles. The van der Waals surface area contributed by atoms with E-state index in [1.807, 2.05) is 37.3 Å². The number of carbonyl (C=O) groups excluding carboxylic acids is 1. The molecule has 1 aromatic heterocycles. The maximum atomic E-state index is 12.2. The van der Waals surface area contributed by atoms with Crippen LogP contribution in [0.2, 0.25) is 0 Å². The van der Waals surface area contributed by atoms with Gasteiger partial charge in [0.15, 0.2) is 11.7 Å². The van der Waals surface area contributed by atoms with Gasteiger partial charge in [0.1, 0.15) is 5.75 Å². The zero-order chi connectivity index (χ0) is 17.2. The van der Waals surface area contributed by atoms with Crippen LogP contribution >= 0.6 is 11.3 Å². The Morgan fingerprint density at radius 2 is 2.08 bits per heavy atom. The summed E-state index contributed by atoms with van der Waals surface area (Å²) in [5, 5.41) is 3.50. The Hall–Kier alpha value is -2.66. The van der Waals surface area contributed by atoms with Crippen LogP contribution in [0.3, 0.4) is 0 Å². The first-order valence-electron chi connectivity index (χ1n) is 8.26. The maximum Gasteiger partial charge on any atom is 0.264 e. The molecule has 4 nitrogen and oxygen atoms in total. The third-order valence-corrected chi connectivity index (χ3v) is 5.23. The summed E-state index contributed by atoms with van der Waals surface area (Å²) in [5.74, 6) is 0.503. The molecule has 1 N–H and O–H groups in total. The lowest BCUT2D eigenvalue weighted by Crippen LogP contribution is -2.20. The highest BCUT2D eigenvalue weighted by Gasteiger charge is 2.21. The lowest BCUT2D eigenvalue weighted by Gasteiger charge is -2.13. The number of fused-ring (bicyclic) bond motifs is 3. The summed E-state index contributed by atoms with van der Waals surface area (Å²) in [6.07, 6.45) is 1.99. The zero-order valence-corrected chi connectivity index (χ0v) is 14.7. The van der Waals surface area contributed by atoms with Crippen LogP contribution in [0.4, 0.5) is 5.13 Å². The van der Waals surface area contributed by atoms with Crippen molar-refractivity contribution in [3.8, 4) is 17.0 Å². The Morgan fingerprint density at radius 1 is 1.20 bits per heavy atom. The van der Waals surface area contributed by atoms with E-state index in [2.05, 4.69) is 28.5 Å². The standard InChI is InChI=1S/C20H18N2O2S/c1-13-5-4-7-15(11-13)24-12-18(23)21-20-22-19-16-8-3-2-6-14(16)9-10-17(19)25-20/h2-8,11H,9-10,12H2,1H3,(H,21,22,23). The molecule has 126 valence electrons. The van der Waals surface area contributed by atoms with Crippen LogP contribution in [0, 0.1) is 6.92 Å². The molecular weight excluding hydrogens is 332 g/mol. The predicted octanol–water partition coefficient (Wildman–Crippen LogP) is 4.23. The minimum Gasteiger partial charge on any atom is -0.484 e. The summed E-state index contributed by atoms with van der Waals surface area (Å²) >= 11 is 1.55. The van der Waals surface area contributed by atoms with Crippen molar-refractivity contribution < 1.29 is 9.53 Å². The van der Waals surface area contributed by atoms with E-state index in [0.29, 0.717) is 10.9 Å². The van der Waals surface area contributed by atoms with Crippen molar-refractivity contribution in [3.05, 3.63) is 64.5 Å². The largest absolute Gasteiger partial charge is 0.484 e. The van der Waals surface area contributed by atoms with E-state index in [0.717, 1.165) is 24.1 Å². The SMILES string of the molecule is Cc1cccc(OCC(=O)Nc2nc3c(s2)CCc2ccccc2-3)c1. The molecule has 0 saturated heterocycles. The topological polar surface area (TPSA) is 51.2 Å². The summed E-state index contributed by atoms with van der Waals surface area (Å²) in [6, 6.07) is 16.0. The van der Waals surface area contributed by atoms with Crippen molar-refractivity contribution in [2.75, 3.05) is 11.9 Å². The number of amides is 1. The molecule has 1 amide bonds. The van der Waals surface area contributed by atoms with E-state index in [1.54, 1.807) is 11.3 Å². The van der Waals surface area contributed by atoms with Gasteiger partial charge in [0.2, 0.25) is 0 Å². The molecule has 0 unspecified atom stereocenters. The highest BCUT2D eigenvalue weighted by atomic mass is 32.1. The van der Waals surface area contributed by atoms with Gasteiger partial charge >= 0.3 is 0 Å². The number of aromatic nitrogens is 1. The molecule has 4 rings (SSSR count). The summed E-state index contributed by atoms with van der Waals surface area (Å²) in [6.45, 7) is 1.97. The number of nitrogens with zero attached hydrogens (tertiary/aromatic N) is 1. The fraction of sp³-hybridized carbons (Fsp3) is 0.200. The Labute approximate surface area is 150 Å².